The zero-order valence-corrected chi connectivity index (χ0v) is 14.3. The van der Waals surface area contributed by atoms with Crippen LogP contribution in [0.2, 0.25) is 0 Å². The monoisotopic (exact) mass is 345 g/mol. The van der Waals surface area contributed by atoms with E-state index >= 15 is 0 Å². The van der Waals surface area contributed by atoms with Crippen molar-refractivity contribution in [2.75, 3.05) is 0 Å². The summed E-state index contributed by atoms with van der Waals surface area (Å²) in [6, 6.07) is 7.32. The third-order valence-corrected chi connectivity index (χ3v) is 5.71. The van der Waals surface area contributed by atoms with Gasteiger partial charge in [-0.15, -0.1) is 10.2 Å². The van der Waals surface area contributed by atoms with Gasteiger partial charge in [-0.3, -0.25) is 0 Å². The van der Waals surface area contributed by atoms with Gasteiger partial charge in [0.2, 0.25) is 10.0 Å². The zero-order valence-electron chi connectivity index (χ0n) is 13.4. The number of sulfonamides is 1. The highest BCUT2D eigenvalue weighted by Crippen LogP contribution is 2.20. The smallest absolute Gasteiger partial charge is 0.241 e. The Morgan fingerprint density at radius 1 is 1.21 bits per heavy atom. The van der Waals surface area contributed by atoms with E-state index in [-0.39, 0.29) is 4.90 Å². The van der Waals surface area contributed by atoms with E-state index in [0.717, 1.165) is 38.1 Å². The minimum Gasteiger partial charge on any atom is -0.314 e. The maximum Gasteiger partial charge on any atom is 0.241 e. The van der Waals surface area contributed by atoms with Crippen LogP contribution in [0, 0.1) is 11.3 Å². The van der Waals surface area contributed by atoms with E-state index in [4.69, 9.17) is 5.26 Å². The van der Waals surface area contributed by atoms with Gasteiger partial charge < -0.3 is 4.57 Å². The lowest BCUT2D eigenvalue weighted by Crippen LogP contribution is -2.29. The number of nitriles is 1. The molecule has 8 heteroatoms. The second-order valence-corrected chi connectivity index (χ2v) is 7.63. The van der Waals surface area contributed by atoms with Crippen LogP contribution in [-0.4, -0.2) is 23.2 Å². The molecule has 0 saturated carbocycles. The first-order valence-corrected chi connectivity index (χ1v) is 9.44. The highest BCUT2D eigenvalue weighted by Gasteiger charge is 2.24. The van der Waals surface area contributed by atoms with Crippen LogP contribution >= 0.6 is 0 Å². The maximum absolute atomic E-state index is 12.5. The van der Waals surface area contributed by atoms with E-state index in [2.05, 4.69) is 14.9 Å². The van der Waals surface area contributed by atoms with E-state index in [1.54, 1.807) is 6.92 Å². The van der Waals surface area contributed by atoms with E-state index in [0.29, 0.717) is 11.4 Å². The van der Waals surface area contributed by atoms with Gasteiger partial charge in [0.05, 0.1) is 22.6 Å². The van der Waals surface area contributed by atoms with Crippen LogP contribution in [0.4, 0.5) is 0 Å². The SMILES string of the molecule is CC(NS(=O)(=O)c1ccc(C#N)cc1)c1nnc2n1CCCCC2. The first-order chi connectivity index (χ1) is 11.5. The Morgan fingerprint density at radius 3 is 2.67 bits per heavy atom. The zero-order chi connectivity index (χ0) is 17.2. The van der Waals surface area contributed by atoms with Crippen molar-refractivity contribution in [2.24, 2.45) is 0 Å². The summed E-state index contributed by atoms with van der Waals surface area (Å²) >= 11 is 0. The number of aromatic nitrogens is 3. The molecule has 1 aliphatic rings. The fraction of sp³-hybridized carbons (Fsp3) is 0.438. The third-order valence-electron chi connectivity index (χ3n) is 4.15. The van der Waals surface area contributed by atoms with Gasteiger partial charge in [0.1, 0.15) is 5.82 Å². The van der Waals surface area contributed by atoms with Crippen molar-refractivity contribution in [3.63, 3.8) is 0 Å². The van der Waals surface area contributed by atoms with E-state index in [1.165, 1.54) is 24.3 Å². The molecule has 24 heavy (non-hydrogen) atoms. The summed E-state index contributed by atoms with van der Waals surface area (Å²) in [5.74, 6) is 1.57. The van der Waals surface area contributed by atoms with Gasteiger partial charge in [-0.05, 0) is 44.0 Å². The second kappa shape index (κ2) is 6.71. The van der Waals surface area contributed by atoms with Gasteiger partial charge in [0.15, 0.2) is 5.82 Å². The largest absolute Gasteiger partial charge is 0.314 e. The van der Waals surface area contributed by atoms with Gasteiger partial charge in [0.25, 0.3) is 0 Å². The molecule has 1 aliphatic heterocycles. The summed E-state index contributed by atoms with van der Waals surface area (Å²) < 4.78 is 29.7. The Labute approximate surface area is 141 Å². The van der Waals surface area contributed by atoms with E-state index < -0.39 is 16.1 Å². The van der Waals surface area contributed by atoms with Crippen molar-refractivity contribution < 1.29 is 8.42 Å². The molecule has 0 bridgehead atoms. The van der Waals surface area contributed by atoms with Gasteiger partial charge in [-0.1, -0.05) is 6.42 Å². The Kier molecular flexibility index (Phi) is 4.64. The fourth-order valence-corrected chi connectivity index (χ4v) is 4.09. The molecule has 3 rings (SSSR count). The van der Waals surface area contributed by atoms with Gasteiger partial charge in [0, 0.05) is 13.0 Å². The standard InChI is InChI=1S/C16H19N5O2S/c1-12(16-19-18-15-5-3-2-4-10-21(15)16)20-24(22,23)14-8-6-13(11-17)7-9-14/h6-9,12,20H,2-5,10H2,1H3. The molecule has 0 fully saturated rings. The van der Waals surface area contributed by atoms with Crippen LogP contribution in [0.3, 0.4) is 0 Å². The lowest BCUT2D eigenvalue weighted by atomic mass is 10.2. The van der Waals surface area contributed by atoms with Crippen LogP contribution < -0.4 is 4.72 Å². The molecule has 0 saturated heterocycles. The molecule has 1 aromatic carbocycles. The predicted octanol–water partition coefficient (Wildman–Crippen LogP) is 1.92. The Hall–Kier alpha value is -2.24. The molecule has 1 atom stereocenters. The van der Waals surface area contributed by atoms with Crippen molar-refractivity contribution in [2.45, 2.75) is 50.1 Å². The summed E-state index contributed by atoms with van der Waals surface area (Å²) in [6.45, 7) is 2.59. The quantitative estimate of drug-likeness (QED) is 0.912. The van der Waals surface area contributed by atoms with Crippen molar-refractivity contribution in [3.05, 3.63) is 41.5 Å². The Balaban J connectivity index is 1.82. The fourth-order valence-electron chi connectivity index (χ4n) is 2.89. The number of nitrogens with zero attached hydrogens (tertiary/aromatic N) is 4. The molecule has 0 spiro atoms. The summed E-state index contributed by atoms with van der Waals surface area (Å²) in [5.41, 5.74) is 0.421. The van der Waals surface area contributed by atoms with Crippen LogP contribution in [0.25, 0.3) is 0 Å². The highest BCUT2D eigenvalue weighted by atomic mass is 32.2. The summed E-state index contributed by atoms with van der Waals surface area (Å²) in [6.07, 6.45) is 4.16. The number of hydrogen-bond donors (Lipinski definition) is 1. The van der Waals surface area contributed by atoms with Crippen molar-refractivity contribution in [3.8, 4) is 6.07 Å². The van der Waals surface area contributed by atoms with Gasteiger partial charge in [-0.25, -0.2) is 13.1 Å². The molecule has 0 radical (unpaired) electrons. The highest BCUT2D eigenvalue weighted by molar-refractivity contribution is 7.89. The molecule has 2 heterocycles. The molecule has 1 aromatic heterocycles. The van der Waals surface area contributed by atoms with Crippen LogP contribution in [0.1, 0.15) is 49.4 Å². The molecule has 126 valence electrons. The van der Waals surface area contributed by atoms with Crippen LogP contribution in [-0.2, 0) is 23.0 Å². The number of rotatable bonds is 4. The van der Waals surface area contributed by atoms with E-state index in [1.807, 2.05) is 10.6 Å². The molecule has 2 aromatic rings. The second-order valence-electron chi connectivity index (χ2n) is 5.92. The summed E-state index contributed by atoms with van der Waals surface area (Å²) in [4.78, 5) is 0.129. The molecule has 0 amide bonds. The average Bonchev–Trinajstić information content (AvgIpc) is 2.83. The Morgan fingerprint density at radius 2 is 1.96 bits per heavy atom. The molecular weight excluding hydrogens is 326 g/mol. The number of fused-ring (bicyclic) bond motifs is 1. The average molecular weight is 345 g/mol. The molecule has 7 nitrogen and oxygen atoms in total. The number of aryl methyl sites for hydroxylation is 1. The van der Waals surface area contributed by atoms with Crippen LogP contribution in [0.15, 0.2) is 29.2 Å². The van der Waals surface area contributed by atoms with Crippen molar-refractivity contribution in [1.82, 2.24) is 19.5 Å². The number of hydrogen-bond acceptors (Lipinski definition) is 5. The predicted molar refractivity (Wildman–Crippen MR) is 87.5 cm³/mol. The van der Waals surface area contributed by atoms with Crippen LogP contribution in [0.5, 0.6) is 0 Å². The minimum atomic E-state index is -3.69. The molecule has 1 unspecified atom stereocenters. The molecule has 1 N–H and O–H groups in total. The third kappa shape index (κ3) is 3.32. The van der Waals surface area contributed by atoms with Crippen molar-refractivity contribution >= 4 is 10.0 Å². The van der Waals surface area contributed by atoms with Gasteiger partial charge >= 0.3 is 0 Å². The summed E-state index contributed by atoms with van der Waals surface area (Å²) in [5, 5.41) is 17.2. The topological polar surface area (TPSA) is 101 Å². The molecular formula is C16H19N5O2S. The lowest BCUT2D eigenvalue weighted by Gasteiger charge is -2.15. The lowest BCUT2D eigenvalue weighted by molar-refractivity contribution is 0.534. The first-order valence-electron chi connectivity index (χ1n) is 7.96. The van der Waals surface area contributed by atoms with Gasteiger partial charge in [-0.2, -0.15) is 5.26 Å². The van der Waals surface area contributed by atoms with E-state index in [9.17, 15) is 8.42 Å². The maximum atomic E-state index is 12.5. The van der Waals surface area contributed by atoms with Crippen molar-refractivity contribution in [1.29, 1.82) is 5.26 Å². The first kappa shape index (κ1) is 16.6. The normalized spacial score (nSPS) is 16.0. The number of nitrogens with one attached hydrogen (secondary N) is 1. The Bertz CT molecular complexity index is 865. The summed E-state index contributed by atoms with van der Waals surface area (Å²) in [7, 11) is -3.69. The minimum absolute atomic E-state index is 0.129. The number of benzene rings is 1. The molecule has 0 aliphatic carbocycles.